The number of halogens is 2. The van der Waals surface area contributed by atoms with Crippen molar-refractivity contribution in [1.82, 2.24) is 4.90 Å². The average molecular weight is 365 g/mol. The van der Waals surface area contributed by atoms with Crippen molar-refractivity contribution in [3.05, 3.63) is 63.6 Å². The summed E-state index contributed by atoms with van der Waals surface area (Å²) >= 11 is 12.2. The van der Waals surface area contributed by atoms with Gasteiger partial charge in [0.05, 0.1) is 16.6 Å². The second kappa shape index (κ2) is 8.52. The van der Waals surface area contributed by atoms with Crippen LogP contribution >= 0.6 is 23.2 Å². The van der Waals surface area contributed by atoms with Crippen molar-refractivity contribution in [2.24, 2.45) is 0 Å². The Morgan fingerprint density at radius 1 is 1.12 bits per heavy atom. The summed E-state index contributed by atoms with van der Waals surface area (Å²) in [5.74, 6) is 0.299. The molecule has 0 spiro atoms. The standard InChI is InChI=1S/C19H22Cl2N2O/c1-13(2)15-8-4-5-10-17(15)22-18(24)12-23(3)11-14-7-6-9-16(20)19(14)21/h4-10,13H,11-12H2,1-3H3,(H,22,24). The molecule has 0 radical (unpaired) electrons. The molecule has 0 aliphatic carbocycles. The molecule has 1 N–H and O–H groups in total. The minimum absolute atomic E-state index is 0.0521. The first-order valence-corrected chi connectivity index (χ1v) is 8.64. The van der Waals surface area contributed by atoms with Gasteiger partial charge in [0.1, 0.15) is 0 Å². The molecule has 0 atom stereocenters. The highest BCUT2D eigenvalue weighted by atomic mass is 35.5. The van der Waals surface area contributed by atoms with E-state index in [1.165, 1.54) is 0 Å². The molecule has 2 rings (SSSR count). The largest absolute Gasteiger partial charge is 0.325 e. The van der Waals surface area contributed by atoms with Gasteiger partial charge in [-0.2, -0.15) is 0 Å². The third kappa shape index (κ3) is 4.97. The molecular formula is C19H22Cl2N2O. The van der Waals surface area contributed by atoms with Crippen LogP contribution in [0, 0.1) is 0 Å². The summed E-state index contributed by atoms with van der Waals surface area (Å²) in [6.45, 7) is 5.05. The fraction of sp³-hybridized carbons (Fsp3) is 0.316. The highest BCUT2D eigenvalue weighted by molar-refractivity contribution is 6.42. The van der Waals surface area contributed by atoms with Gasteiger partial charge in [0.2, 0.25) is 5.91 Å². The fourth-order valence-electron chi connectivity index (χ4n) is 2.57. The Kier molecular flexibility index (Phi) is 6.67. The number of rotatable bonds is 6. The molecule has 0 saturated heterocycles. The Hall–Kier alpha value is -1.55. The van der Waals surface area contributed by atoms with Crippen molar-refractivity contribution >= 4 is 34.8 Å². The molecule has 3 nitrogen and oxygen atoms in total. The Morgan fingerprint density at radius 2 is 1.83 bits per heavy atom. The SMILES string of the molecule is CC(C)c1ccccc1NC(=O)CN(C)Cc1cccc(Cl)c1Cl. The van der Waals surface area contributed by atoms with Crippen molar-refractivity contribution < 1.29 is 4.79 Å². The lowest BCUT2D eigenvalue weighted by molar-refractivity contribution is -0.117. The van der Waals surface area contributed by atoms with Crippen molar-refractivity contribution in [1.29, 1.82) is 0 Å². The molecule has 0 fully saturated rings. The third-order valence-electron chi connectivity index (χ3n) is 3.74. The number of likely N-dealkylation sites (N-methyl/N-ethyl adjacent to an activating group) is 1. The van der Waals surface area contributed by atoms with E-state index in [1.54, 1.807) is 6.07 Å². The van der Waals surface area contributed by atoms with Crippen LogP contribution in [-0.2, 0) is 11.3 Å². The molecule has 1 amide bonds. The van der Waals surface area contributed by atoms with Gasteiger partial charge in [0.25, 0.3) is 0 Å². The highest BCUT2D eigenvalue weighted by Crippen LogP contribution is 2.26. The summed E-state index contributed by atoms with van der Waals surface area (Å²) in [4.78, 5) is 14.2. The van der Waals surface area contributed by atoms with Crippen LogP contribution in [0.3, 0.4) is 0 Å². The Balaban J connectivity index is 1.98. The topological polar surface area (TPSA) is 32.3 Å². The minimum Gasteiger partial charge on any atom is -0.325 e. The van der Waals surface area contributed by atoms with Crippen LogP contribution in [-0.4, -0.2) is 24.4 Å². The number of carbonyl (C=O) groups is 1. The Labute approximate surface area is 153 Å². The third-order valence-corrected chi connectivity index (χ3v) is 4.60. The number of hydrogen-bond acceptors (Lipinski definition) is 2. The molecule has 2 aromatic rings. The van der Waals surface area contributed by atoms with Gasteiger partial charge in [-0.15, -0.1) is 0 Å². The summed E-state index contributed by atoms with van der Waals surface area (Å²) in [5, 5.41) is 4.06. The number of benzene rings is 2. The monoisotopic (exact) mass is 364 g/mol. The number of nitrogens with one attached hydrogen (secondary N) is 1. The number of para-hydroxylation sites is 1. The number of anilines is 1. The lowest BCUT2D eigenvalue weighted by Crippen LogP contribution is -2.30. The molecule has 0 unspecified atom stereocenters. The van der Waals surface area contributed by atoms with Crippen molar-refractivity contribution in [2.75, 3.05) is 18.9 Å². The van der Waals surface area contributed by atoms with Crippen molar-refractivity contribution in [3.63, 3.8) is 0 Å². The minimum atomic E-state index is -0.0521. The maximum absolute atomic E-state index is 12.3. The van der Waals surface area contributed by atoms with E-state index in [9.17, 15) is 4.79 Å². The molecule has 24 heavy (non-hydrogen) atoms. The number of amides is 1. The quantitative estimate of drug-likeness (QED) is 0.764. The first-order chi connectivity index (χ1) is 11.4. The van der Waals surface area contributed by atoms with E-state index < -0.39 is 0 Å². The zero-order chi connectivity index (χ0) is 17.7. The van der Waals surface area contributed by atoms with Gasteiger partial charge in [-0.05, 0) is 36.2 Å². The molecule has 2 aromatic carbocycles. The zero-order valence-electron chi connectivity index (χ0n) is 14.1. The predicted octanol–water partition coefficient (Wildman–Crippen LogP) is 5.19. The lowest BCUT2D eigenvalue weighted by Gasteiger charge is -2.19. The van der Waals surface area contributed by atoms with Crippen LogP contribution in [0.15, 0.2) is 42.5 Å². The molecule has 5 heteroatoms. The maximum Gasteiger partial charge on any atom is 0.238 e. The molecule has 0 heterocycles. The highest BCUT2D eigenvalue weighted by Gasteiger charge is 2.13. The second-order valence-electron chi connectivity index (χ2n) is 6.18. The molecule has 0 saturated carbocycles. The average Bonchev–Trinajstić information content (AvgIpc) is 2.52. The fourth-order valence-corrected chi connectivity index (χ4v) is 2.95. The second-order valence-corrected chi connectivity index (χ2v) is 6.96. The Bertz CT molecular complexity index is 716. The molecule has 0 bridgehead atoms. The first-order valence-electron chi connectivity index (χ1n) is 7.88. The Morgan fingerprint density at radius 3 is 2.54 bits per heavy atom. The number of nitrogens with zero attached hydrogens (tertiary/aromatic N) is 1. The van der Waals surface area contributed by atoms with E-state index in [1.807, 2.05) is 48.3 Å². The van der Waals surface area contributed by atoms with Crippen LogP contribution in [0.4, 0.5) is 5.69 Å². The summed E-state index contributed by atoms with van der Waals surface area (Å²) in [6, 6.07) is 13.4. The normalized spacial score (nSPS) is 11.1. The van der Waals surface area contributed by atoms with E-state index in [0.717, 1.165) is 16.8 Å². The van der Waals surface area contributed by atoms with Gasteiger partial charge in [-0.1, -0.05) is 67.4 Å². The van der Waals surface area contributed by atoms with E-state index in [2.05, 4.69) is 19.2 Å². The summed E-state index contributed by atoms with van der Waals surface area (Å²) < 4.78 is 0. The lowest BCUT2D eigenvalue weighted by atomic mass is 10.0. The smallest absolute Gasteiger partial charge is 0.238 e. The van der Waals surface area contributed by atoms with Crippen LogP contribution in [0.5, 0.6) is 0 Å². The summed E-state index contributed by atoms with van der Waals surface area (Å²) in [7, 11) is 1.88. The zero-order valence-corrected chi connectivity index (χ0v) is 15.7. The summed E-state index contributed by atoms with van der Waals surface area (Å²) in [6.07, 6.45) is 0. The van der Waals surface area contributed by atoms with Crippen LogP contribution < -0.4 is 5.32 Å². The van der Waals surface area contributed by atoms with Crippen LogP contribution in [0.1, 0.15) is 30.9 Å². The van der Waals surface area contributed by atoms with Gasteiger partial charge >= 0.3 is 0 Å². The van der Waals surface area contributed by atoms with Gasteiger partial charge in [0, 0.05) is 12.2 Å². The maximum atomic E-state index is 12.3. The van der Waals surface area contributed by atoms with E-state index >= 15 is 0 Å². The molecule has 0 aliphatic heterocycles. The van der Waals surface area contributed by atoms with Gasteiger partial charge in [0.15, 0.2) is 0 Å². The summed E-state index contributed by atoms with van der Waals surface area (Å²) in [5.41, 5.74) is 2.90. The van der Waals surface area contributed by atoms with Gasteiger partial charge < -0.3 is 5.32 Å². The van der Waals surface area contributed by atoms with E-state index in [4.69, 9.17) is 23.2 Å². The van der Waals surface area contributed by atoms with E-state index in [0.29, 0.717) is 22.5 Å². The van der Waals surface area contributed by atoms with Crippen LogP contribution in [0.2, 0.25) is 10.0 Å². The first kappa shape index (κ1) is 18.8. The molecule has 0 aromatic heterocycles. The van der Waals surface area contributed by atoms with Gasteiger partial charge in [-0.25, -0.2) is 0 Å². The molecule has 0 aliphatic rings. The van der Waals surface area contributed by atoms with Crippen molar-refractivity contribution in [2.45, 2.75) is 26.3 Å². The van der Waals surface area contributed by atoms with Gasteiger partial charge in [-0.3, -0.25) is 9.69 Å². The molecule has 128 valence electrons. The van der Waals surface area contributed by atoms with E-state index in [-0.39, 0.29) is 12.5 Å². The van der Waals surface area contributed by atoms with Crippen molar-refractivity contribution in [3.8, 4) is 0 Å². The van der Waals surface area contributed by atoms with Crippen LogP contribution in [0.25, 0.3) is 0 Å². The number of carbonyl (C=O) groups excluding carboxylic acids is 1. The molecular weight excluding hydrogens is 343 g/mol. The predicted molar refractivity (Wildman–Crippen MR) is 102 cm³/mol. The number of hydrogen-bond donors (Lipinski definition) is 1.